The number of fused-ring (bicyclic) bond motifs is 3. The quantitative estimate of drug-likeness (QED) is 0.417. The number of nitrogens with zero attached hydrogens (tertiary/aromatic N) is 1. The highest BCUT2D eigenvalue weighted by atomic mass is 16.2. The van der Waals surface area contributed by atoms with Crippen molar-refractivity contribution < 1.29 is 14.4 Å². The van der Waals surface area contributed by atoms with Crippen LogP contribution in [-0.4, -0.2) is 24.3 Å². The Bertz CT molecular complexity index is 1120. The number of amides is 3. The van der Waals surface area contributed by atoms with Gasteiger partial charge in [0.25, 0.3) is 5.91 Å². The summed E-state index contributed by atoms with van der Waals surface area (Å²) in [5.41, 5.74) is 9.39. The van der Waals surface area contributed by atoms with Gasteiger partial charge in [-0.3, -0.25) is 14.4 Å². The number of anilines is 1. The molecule has 3 amide bonds. The van der Waals surface area contributed by atoms with E-state index in [0.29, 0.717) is 25.3 Å². The minimum absolute atomic E-state index is 0.125. The molecule has 37 heavy (non-hydrogen) atoms. The van der Waals surface area contributed by atoms with Crippen LogP contribution in [0.2, 0.25) is 0 Å². The number of benzene rings is 2. The molecule has 1 heterocycles. The van der Waals surface area contributed by atoms with Gasteiger partial charge in [-0.1, -0.05) is 88.9 Å². The van der Waals surface area contributed by atoms with E-state index >= 15 is 0 Å². The number of hydrogen-bond acceptors (Lipinski definition) is 3. The van der Waals surface area contributed by atoms with Crippen molar-refractivity contribution in [1.82, 2.24) is 5.32 Å². The highest BCUT2D eigenvalue weighted by Gasteiger charge is 2.39. The van der Waals surface area contributed by atoms with Gasteiger partial charge in [0.2, 0.25) is 11.8 Å². The molecule has 4 rings (SSSR count). The van der Waals surface area contributed by atoms with E-state index in [0.717, 1.165) is 35.2 Å². The molecule has 3 N–H and O–H groups in total. The predicted molar refractivity (Wildman–Crippen MR) is 148 cm³/mol. The minimum atomic E-state index is -0.831. The number of nitrogens with two attached hydrogens (primary N) is 1. The Hall–Kier alpha value is -3.15. The third kappa shape index (κ3) is 5.89. The molecular formula is C31H41N3O3. The first-order valence-corrected chi connectivity index (χ1v) is 13.9. The van der Waals surface area contributed by atoms with E-state index in [1.54, 1.807) is 0 Å². The fourth-order valence-electron chi connectivity index (χ4n) is 5.87. The first-order valence-electron chi connectivity index (χ1n) is 13.9. The molecule has 0 saturated heterocycles. The molecule has 2 aromatic carbocycles. The van der Waals surface area contributed by atoms with Crippen LogP contribution in [0.3, 0.4) is 0 Å². The standard InChI is InChI=1S/C31H41N3O3/c1-4-10-25(29(32)35)26(19-20(2)3)30(36)33-28-24-15-6-5-13-22(24)23-14-7-8-16-27(23)34(31(28)37)18-17-21-11-9-12-21/h5-8,13-16,20-21,25-26,28H,4,9-12,17-19H2,1-3H3,(H2,32,35)(H,33,36). The van der Waals surface area contributed by atoms with Gasteiger partial charge in [0.1, 0.15) is 6.04 Å². The zero-order chi connectivity index (χ0) is 26.5. The zero-order valence-corrected chi connectivity index (χ0v) is 22.4. The topological polar surface area (TPSA) is 92.5 Å². The molecule has 0 radical (unpaired) electrons. The highest BCUT2D eigenvalue weighted by Crippen LogP contribution is 2.41. The Morgan fingerprint density at radius 2 is 1.70 bits per heavy atom. The Morgan fingerprint density at radius 1 is 1.03 bits per heavy atom. The predicted octanol–water partition coefficient (Wildman–Crippen LogP) is 5.61. The Kier molecular flexibility index (Phi) is 8.67. The lowest BCUT2D eigenvalue weighted by molar-refractivity contribution is -0.136. The largest absolute Gasteiger partial charge is 0.369 e. The van der Waals surface area contributed by atoms with E-state index < -0.39 is 23.8 Å². The molecule has 1 aliphatic heterocycles. The van der Waals surface area contributed by atoms with Crippen molar-refractivity contribution in [2.75, 3.05) is 11.4 Å². The molecule has 0 bridgehead atoms. The second-order valence-electron chi connectivity index (χ2n) is 11.2. The van der Waals surface area contributed by atoms with Crippen molar-refractivity contribution in [3.05, 3.63) is 54.1 Å². The maximum atomic E-state index is 14.2. The summed E-state index contributed by atoms with van der Waals surface area (Å²) in [4.78, 5) is 42.3. The summed E-state index contributed by atoms with van der Waals surface area (Å²) >= 11 is 0. The normalized spacial score (nSPS) is 18.9. The molecule has 0 aromatic heterocycles. The second-order valence-corrected chi connectivity index (χ2v) is 11.2. The molecule has 0 spiro atoms. The van der Waals surface area contributed by atoms with Crippen molar-refractivity contribution in [3.8, 4) is 11.1 Å². The lowest BCUT2D eigenvalue weighted by Crippen LogP contribution is -2.47. The highest BCUT2D eigenvalue weighted by molar-refractivity contribution is 6.06. The average molecular weight is 504 g/mol. The fourth-order valence-corrected chi connectivity index (χ4v) is 5.87. The Morgan fingerprint density at radius 3 is 2.32 bits per heavy atom. The Balaban J connectivity index is 1.72. The monoisotopic (exact) mass is 503 g/mol. The smallest absolute Gasteiger partial charge is 0.254 e. The number of carbonyl (C=O) groups is 3. The second kappa shape index (κ2) is 11.9. The summed E-state index contributed by atoms with van der Waals surface area (Å²) in [5.74, 6) is -1.13. The van der Waals surface area contributed by atoms with Crippen molar-refractivity contribution >= 4 is 23.4 Å². The van der Waals surface area contributed by atoms with Gasteiger partial charge in [-0.2, -0.15) is 0 Å². The summed E-state index contributed by atoms with van der Waals surface area (Å²) in [5, 5.41) is 3.11. The van der Waals surface area contributed by atoms with Crippen LogP contribution in [0.15, 0.2) is 48.5 Å². The molecule has 6 heteroatoms. The van der Waals surface area contributed by atoms with E-state index in [-0.39, 0.29) is 17.7 Å². The van der Waals surface area contributed by atoms with E-state index in [1.165, 1.54) is 19.3 Å². The first kappa shape index (κ1) is 26.9. The van der Waals surface area contributed by atoms with Crippen LogP contribution in [0, 0.1) is 23.7 Å². The zero-order valence-electron chi connectivity index (χ0n) is 22.4. The van der Waals surface area contributed by atoms with Crippen LogP contribution in [0.1, 0.15) is 77.3 Å². The molecule has 1 saturated carbocycles. The minimum Gasteiger partial charge on any atom is -0.369 e. The van der Waals surface area contributed by atoms with Crippen molar-refractivity contribution in [3.63, 3.8) is 0 Å². The van der Waals surface area contributed by atoms with Gasteiger partial charge in [0.05, 0.1) is 5.69 Å². The molecule has 6 nitrogen and oxygen atoms in total. The van der Waals surface area contributed by atoms with Crippen LogP contribution < -0.4 is 16.0 Å². The van der Waals surface area contributed by atoms with Gasteiger partial charge in [-0.05, 0) is 48.3 Å². The van der Waals surface area contributed by atoms with E-state index in [2.05, 4.69) is 5.32 Å². The number of rotatable bonds is 11. The van der Waals surface area contributed by atoms with Gasteiger partial charge in [-0.15, -0.1) is 0 Å². The molecule has 2 aromatic rings. The van der Waals surface area contributed by atoms with Gasteiger partial charge in [0, 0.05) is 23.9 Å². The summed E-state index contributed by atoms with van der Waals surface area (Å²) in [6.07, 6.45) is 6.48. The molecule has 1 fully saturated rings. The van der Waals surface area contributed by atoms with Crippen LogP contribution in [0.4, 0.5) is 5.69 Å². The number of carbonyl (C=O) groups excluding carboxylic acids is 3. The van der Waals surface area contributed by atoms with Gasteiger partial charge in [0.15, 0.2) is 0 Å². The van der Waals surface area contributed by atoms with E-state index in [1.807, 2.05) is 74.2 Å². The van der Waals surface area contributed by atoms with Gasteiger partial charge in [-0.25, -0.2) is 0 Å². The number of nitrogens with one attached hydrogen (secondary N) is 1. The summed E-state index contributed by atoms with van der Waals surface area (Å²) < 4.78 is 0. The molecular weight excluding hydrogens is 462 g/mol. The van der Waals surface area contributed by atoms with Crippen molar-refractivity contribution in [2.24, 2.45) is 29.4 Å². The summed E-state index contributed by atoms with van der Waals surface area (Å²) in [6, 6.07) is 15.0. The third-order valence-corrected chi connectivity index (χ3v) is 8.06. The number of primary amides is 1. The van der Waals surface area contributed by atoms with Crippen LogP contribution in [0.5, 0.6) is 0 Å². The lowest BCUT2D eigenvalue weighted by Gasteiger charge is -2.32. The van der Waals surface area contributed by atoms with E-state index in [4.69, 9.17) is 5.73 Å². The third-order valence-electron chi connectivity index (χ3n) is 8.06. The maximum absolute atomic E-state index is 14.2. The van der Waals surface area contributed by atoms with Crippen LogP contribution >= 0.6 is 0 Å². The lowest BCUT2D eigenvalue weighted by atomic mass is 9.81. The molecule has 3 atom stereocenters. The molecule has 1 aliphatic carbocycles. The molecule has 2 aliphatic rings. The van der Waals surface area contributed by atoms with E-state index in [9.17, 15) is 14.4 Å². The maximum Gasteiger partial charge on any atom is 0.254 e. The summed E-state index contributed by atoms with van der Waals surface area (Å²) in [7, 11) is 0. The Labute approximate surface area is 221 Å². The molecule has 198 valence electrons. The van der Waals surface area contributed by atoms with Crippen molar-refractivity contribution in [2.45, 2.75) is 71.8 Å². The van der Waals surface area contributed by atoms with Crippen LogP contribution in [-0.2, 0) is 14.4 Å². The number of hydrogen-bond donors (Lipinski definition) is 2. The number of para-hydroxylation sites is 1. The SMILES string of the molecule is CCCC(C(N)=O)C(CC(C)C)C(=O)NC1C(=O)N(CCC2CCC2)c2ccccc2-c2ccccc21. The van der Waals surface area contributed by atoms with Crippen LogP contribution in [0.25, 0.3) is 11.1 Å². The molecule has 3 unspecified atom stereocenters. The van der Waals surface area contributed by atoms with Crippen molar-refractivity contribution in [1.29, 1.82) is 0 Å². The van der Waals surface area contributed by atoms with Gasteiger partial charge >= 0.3 is 0 Å². The van der Waals surface area contributed by atoms with Gasteiger partial charge < -0.3 is 16.0 Å². The summed E-state index contributed by atoms with van der Waals surface area (Å²) in [6.45, 7) is 6.68. The average Bonchev–Trinajstić information content (AvgIpc) is 2.94. The fraction of sp³-hybridized carbons (Fsp3) is 0.516. The first-order chi connectivity index (χ1) is 17.8.